The lowest BCUT2D eigenvalue weighted by Gasteiger charge is -2.32. The number of rotatable bonds is 7. The molecule has 1 aliphatic rings. The van der Waals surface area contributed by atoms with Crippen LogP contribution in [0.1, 0.15) is 33.6 Å². The van der Waals surface area contributed by atoms with Gasteiger partial charge in [0.05, 0.1) is 0 Å². The number of aromatic nitrogens is 2. The number of amides is 1. The lowest BCUT2D eigenvalue weighted by atomic mass is 9.96. The van der Waals surface area contributed by atoms with Crippen LogP contribution in [0.4, 0.5) is 5.13 Å². The van der Waals surface area contributed by atoms with Gasteiger partial charge in [0.1, 0.15) is 0 Å². The van der Waals surface area contributed by atoms with Gasteiger partial charge in [-0.3, -0.25) is 4.79 Å². The van der Waals surface area contributed by atoms with Crippen molar-refractivity contribution in [2.24, 2.45) is 11.8 Å². The summed E-state index contributed by atoms with van der Waals surface area (Å²) in [5.41, 5.74) is 0. The van der Waals surface area contributed by atoms with Crippen LogP contribution in [0.5, 0.6) is 0 Å². The number of carbonyl (C=O) groups is 1. The molecule has 0 aliphatic carbocycles. The average molecular weight is 376 g/mol. The van der Waals surface area contributed by atoms with Crippen molar-refractivity contribution in [2.75, 3.05) is 31.5 Å². The van der Waals surface area contributed by atoms with E-state index in [0.717, 1.165) is 43.8 Å². The first kappa shape index (κ1) is 19.2. The minimum absolute atomic E-state index is 0.122. The zero-order valence-electron chi connectivity index (χ0n) is 14.3. The van der Waals surface area contributed by atoms with Crippen LogP contribution in [-0.4, -0.2) is 55.6 Å². The van der Waals surface area contributed by atoms with E-state index in [0.29, 0.717) is 18.4 Å². The topological polar surface area (TPSA) is 104 Å². The van der Waals surface area contributed by atoms with Gasteiger partial charge in [-0.05, 0) is 37.8 Å². The minimum atomic E-state index is -3.68. The third-order valence-corrected chi connectivity index (χ3v) is 6.44. The highest BCUT2D eigenvalue weighted by Gasteiger charge is 2.24. The van der Waals surface area contributed by atoms with Gasteiger partial charge in [0.25, 0.3) is 10.0 Å². The van der Waals surface area contributed by atoms with E-state index in [9.17, 15) is 13.2 Å². The highest BCUT2D eigenvalue weighted by atomic mass is 32.2. The third-order valence-electron chi connectivity index (χ3n) is 3.81. The van der Waals surface area contributed by atoms with Gasteiger partial charge in [-0.15, -0.1) is 10.2 Å². The van der Waals surface area contributed by atoms with Crippen molar-refractivity contribution in [2.45, 2.75) is 38.0 Å². The van der Waals surface area contributed by atoms with Gasteiger partial charge in [-0.25, -0.2) is 13.1 Å². The van der Waals surface area contributed by atoms with Gasteiger partial charge in [0.15, 0.2) is 0 Å². The zero-order valence-corrected chi connectivity index (χ0v) is 15.9. The number of hydrogen-bond donors (Lipinski definition) is 2. The van der Waals surface area contributed by atoms with E-state index in [1.807, 2.05) is 0 Å². The fourth-order valence-corrected chi connectivity index (χ4v) is 4.80. The Hall–Kier alpha value is -1.10. The minimum Gasteiger partial charge on any atom is -0.303 e. The van der Waals surface area contributed by atoms with Crippen LogP contribution >= 0.6 is 11.3 Å². The highest BCUT2D eigenvalue weighted by molar-refractivity contribution is 7.91. The second-order valence-corrected chi connectivity index (χ2v) is 9.46. The predicted octanol–water partition coefficient (Wildman–Crippen LogP) is 1.14. The first-order valence-electron chi connectivity index (χ1n) is 8.09. The molecule has 8 nitrogen and oxygen atoms in total. The summed E-state index contributed by atoms with van der Waals surface area (Å²) in [4.78, 5) is 13.4. The van der Waals surface area contributed by atoms with Crippen LogP contribution in [0, 0.1) is 11.8 Å². The summed E-state index contributed by atoms with van der Waals surface area (Å²) in [5, 5.41) is 9.93. The van der Waals surface area contributed by atoms with Crippen LogP contribution in [0.25, 0.3) is 0 Å². The molecule has 2 rings (SSSR count). The van der Waals surface area contributed by atoms with Gasteiger partial charge in [-0.2, -0.15) is 0 Å². The molecule has 24 heavy (non-hydrogen) atoms. The number of sulfonamides is 1. The van der Waals surface area contributed by atoms with E-state index < -0.39 is 10.0 Å². The van der Waals surface area contributed by atoms with Crippen molar-refractivity contribution in [3.63, 3.8) is 0 Å². The van der Waals surface area contributed by atoms with Gasteiger partial charge >= 0.3 is 0 Å². The summed E-state index contributed by atoms with van der Waals surface area (Å²) in [6, 6.07) is 0. The summed E-state index contributed by atoms with van der Waals surface area (Å²) in [7, 11) is -3.68. The maximum absolute atomic E-state index is 12.3. The molecule has 1 aromatic heterocycles. The van der Waals surface area contributed by atoms with Crippen molar-refractivity contribution < 1.29 is 13.2 Å². The third kappa shape index (κ3) is 5.76. The number of likely N-dealkylation sites (tertiary alicyclic amines) is 1. The van der Waals surface area contributed by atoms with Gasteiger partial charge in [-0.1, -0.05) is 25.2 Å². The molecule has 0 unspecified atom stereocenters. The van der Waals surface area contributed by atoms with E-state index in [-0.39, 0.29) is 15.4 Å². The lowest BCUT2D eigenvalue weighted by Crippen LogP contribution is -2.40. The fraction of sp³-hybridized carbons (Fsp3) is 0.786. The maximum atomic E-state index is 12.3. The molecule has 2 heterocycles. The first-order valence-corrected chi connectivity index (χ1v) is 10.4. The van der Waals surface area contributed by atoms with Crippen molar-refractivity contribution in [1.29, 1.82) is 0 Å². The van der Waals surface area contributed by atoms with Crippen molar-refractivity contribution in [3.05, 3.63) is 0 Å². The van der Waals surface area contributed by atoms with Gasteiger partial charge in [0.2, 0.25) is 15.4 Å². The Morgan fingerprint density at radius 3 is 2.58 bits per heavy atom. The summed E-state index contributed by atoms with van der Waals surface area (Å²) < 4.78 is 27.0. The highest BCUT2D eigenvalue weighted by Crippen LogP contribution is 2.21. The molecule has 2 N–H and O–H groups in total. The summed E-state index contributed by atoms with van der Waals surface area (Å²) in [6.45, 7) is 9.27. The lowest BCUT2D eigenvalue weighted by molar-refractivity contribution is -0.114. The summed E-state index contributed by atoms with van der Waals surface area (Å²) in [6.07, 6.45) is 1.98. The SMILES string of the molecule is CC(=O)Nc1nnc(S(=O)(=O)NCC2CCN(CC(C)C)CC2)s1. The van der Waals surface area contributed by atoms with Crippen LogP contribution in [0.3, 0.4) is 0 Å². The molecule has 10 heteroatoms. The largest absolute Gasteiger partial charge is 0.303 e. The Labute approximate surface area is 147 Å². The van der Waals surface area contributed by atoms with Crippen LogP contribution < -0.4 is 10.0 Å². The molecule has 1 aromatic rings. The summed E-state index contributed by atoms with van der Waals surface area (Å²) >= 11 is 0.849. The van der Waals surface area contributed by atoms with Crippen LogP contribution in [-0.2, 0) is 14.8 Å². The Balaban J connectivity index is 1.83. The Bertz CT molecular complexity index is 651. The van der Waals surface area contributed by atoms with Crippen LogP contribution in [0.2, 0.25) is 0 Å². The average Bonchev–Trinajstić information content (AvgIpc) is 2.94. The molecule has 0 atom stereocenters. The normalized spacial score (nSPS) is 17.3. The fourth-order valence-electron chi connectivity index (χ4n) is 2.70. The smallest absolute Gasteiger partial charge is 0.269 e. The number of hydrogen-bond acceptors (Lipinski definition) is 7. The first-order chi connectivity index (χ1) is 11.3. The standard InChI is InChI=1S/C14H25N5O3S2/c1-10(2)9-19-6-4-12(5-7-19)8-15-24(21,22)14-18-17-13(23-14)16-11(3)20/h10,12,15H,4-9H2,1-3H3,(H,16,17,20). The molecular formula is C14H25N5O3S2. The second-order valence-electron chi connectivity index (χ2n) is 6.54. The predicted molar refractivity (Wildman–Crippen MR) is 93.4 cm³/mol. The Morgan fingerprint density at radius 2 is 2.00 bits per heavy atom. The number of carbonyl (C=O) groups excluding carboxylic acids is 1. The van der Waals surface area contributed by atoms with Crippen molar-refractivity contribution in [3.8, 4) is 0 Å². The van der Waals surface area contributed by atoms with E-state index in [4.69, 9.17) is 0 Å². The number of anilines is 1. The number of piperidine rings is 1. The number of nitrogens with zero attached hydrogens (tertiary/aromatic N) is 3. The molecule has 0 aromatic carbocycles. The molecular weight excluding hydrogens is 350 g/mol. The number of nitrogens with one attached hydrogen (secondary N) is 2. The molecule has 0 radical (unpaired) electrons. The van der Waals surface area contributed by atoms with Gasteiger partial charge < -0.3 is 10.2 Å². The van der Waals surface area contributed by atoms with Crippen molar-refractivity contribution >= 4 is 32.4 Å². The molecule has 136 valence electrons. The van der Waals surface area contributed by atoms with E-state index in [2.05, 4.69) is 39.0 Å². The summed E-state index contributed by atoms with van der Waals surface area (Å²) in [5.74, 6) is 0.678. The van der Waals surface area contributed by atoms with E-state index in [1.165, 1.54) is 6.92 Å². The molecule has 0 saturated carbocycles. The monoisotopic (exact) mass is 375 g/mol. The molecule has 1 saturated heterocycles. The molecule has 1 fully saturated rings. The zero-order chi connectivity index (χ0) is 17.7. The van der Waals surface area contributed by atoms with Gasteiger partial charge in [0, 0.05) is 20.0 Å². The van der Waals surface area contributed by atoms with Crippen LogP contribution in [0.15, 0.2) is 4.34 Å². The molecule has 0 spiro atoms. The van der Waals surface area contributed by atoms with Crippen molar-refractivity contribution in [1.82, 2.24) is 19.8 Å². The van der Waals surface area contributed by atoms with E-state index >= 15 is 0 Å². The molecule has 1 amide bonds. The molecule has 0 bridgehead atoms. The quantitative estimate of drug-likeness (QED) is 0.693. The van der Waals surface area contributed by atoms with E-state index in [1.54, 1.807) is 0 Å². The Kier molecular flexibility index (Phi) is 6.67. The maximum Gasteiger partial charge on any atom is 0.269 e. The molecule has 1 aliphatic heterocycles. The second kappa shape index (κ2) is 8.32. The Morgan fingerprint density at radius 1 is 1.33 bits per heavy atom.